The molecule has 2 amide bonds. The number of hydrogen-bond acceptors (Lipinski definition) is 5. The van der Waals surface area contributed by atoms with E-state index in [0.29, 0.717) is 28.9 Å². The second-order valence-electron chi connectivity index (χ2n) is 5.88. The van der Waals surface area contributed by atoms with Crippen LogP contribution < -0.4 is 25.1 Å². The van der Waals surface area contributed by atoms with Gasteiger partial charge in [-0.2, -0.15) is 0 Å². The van der Waals surface area contributed by atoms with Gasteiger partial charge < -0.3 is 14.2 Å². The highest BCUT2D eigenvalue weighted by molar-refractivity contribution is 6.31. The van der Waals surface area contributed by atoms with E-state index in [1.165, 1.54) is 19.3 Å². The predicted molar refractivity (Wildman–Crippen MR) is 111 cm³/mol. The smallest absolute Gasteiger partial charge is 0.273 e. The highest BCUT2D eigenvalue weighted by Gasteiger charge is 2.13. The molecule has 29 heavy (non-hydrogen) atoms. The van der Waals surface area contributed by atoms with Crippen LogP contribution in [0.4, 0.5) is 0 Å². The van der Waals surface area contributed by atoms with E-state index in [4.69, 9.17) is 25.8 Å². The van der Waals surface area contributed by atoms with Crippen LogP contribution in [-0.4, -0.2) is 32.6 Å². The van der Waals surface area contributed by atoms with Crippen molar-refractivity contribution in [2.24, 2.45) is 0 Å². The summed E-state index contributed by atoms with van der Waals surface area (Å²) >= 11 is 5.91. The Hall–Kier alpha value is -3.19. The van der Waals surface area contributed by atoms with E-state index in [1.54, 1.807) is 43.5 Å². The molecule has 0 aliphatic rings. The zero-order chi connectivity index (χ0) is 21.2. The molecule has 0 radical (unpaired) electrons. The van der Waals surface area contributed by atoms with E-state index >= 15 is 0 Å². The summed E-state index contributed by atoms with van der Waals surface area (Å²) in [7, 11) is 2.99. The molecule has 0 bridgehead atoms. The van der Waals surface area contributed by atoms with Gasteiger partial charge in [-0.25, -0.2) is 0 Å². The average molecular weight is 419 g/mol. The fourth-order valence-corrected chi connectivity index (χ4v) is 2.55. The van der Waals surface area contributed by atoms with Crippen molar-refractivity contribution in [1.82, 2.24) is 10.9 Å². The van der Waals surface area contributed by atoms with Gasteiger partial charge >= 0.3 is 0 Å². The van der Waals surface area contributed by atoms with Gasteiger partial charge in [0.2, 0.25) is 0 Å². The van der Waals surface area contributed by atoms with Gasteiger partial charge in [-0.1, -0.05) is 24.6 Å². The van der Waals surface area contributed by atoms with E-state index in [2.05, 4.69) is 10.9 Å². The fraction of sp³-hybridized carbons (Fsp3) is 0.238. The van der Waals surface area contributed by atoms with Gasteiger partial charge in [-0.15, -0.1) is 0 Å². The standard InChI is InChI=1S/C21H23ClN2O5/c1-4-11-29-18-8-5-14(12-19(18)28-3)6-10-20(25)23-24-21(26)16-13-15(22)7-9-17(16)27-2/h5-10,12-13H,4,11H2,1-3H3,(H,23,25)(H,24,26)/b10-6+. The highest BCUT2D eigenvalue weighted by Crippen LogP contribution is 2.28. The molecule has 2 aromatic rings. The Morgan fingerprint density at radius 2 is 1.72 bits per heavy atom. The van der Waals surface area contributed by atoms with E-state index in [-0.39, 0.29) is 5.56 Å². The number of hydrogen-bond donors (Lipinski definition) is 2. The first kappa shape index (κ1) is 22.1. The van der Waals surface area contributed by atoms with E-state index in [9.17, 15) is 9.59 Å². The summed E-state index contributed by atoms with van der Waals surface area (Å²) < 4.78 is 16.0. The van der Waals surface area contributed by atoms with Crippen molar-refractivity contribution >= 4 is 29.5 Å². The van der Waals surface area contributed by atoms with Gasteiger partial charge in [0.25, 0.3) is 11.8 Å². The molecule has 0 unspecified atom stereocenters. The molecule has 0 aliphatic heterocycles. The van der Waals surface area contributed by atoms with E-state index in [0.717, 1.165) is 12.0 Å². The molecular formula is C21H23ClN2O5. The number of benzene rings is 2. The van der Waals surface area contributed by atoms with Crippen LogP contribution in [0, 0.1) is 0 Å². The van der Waals surface area contributed by atoms with Gasteiger partial charge in [0, 0.05) is 11.1 Å². The van der Waals surface area contributed by atoms with Crippen molar-refractivity contribution in [3.8, 4) is 17.2 Å². The van der Waals surface area contributed by atoms with Crippen LogP contribution in [0.5, 0.6) is 17.2 Å². The quantitative estimate of drug-likeness (QED) is 0.505. The molecule has 0 fully saturated rings. The third-order valence-corrected chi connectivity index (χ3v) is 4.02. The fourth-order valence-electron chi connectivity index (χ4n) is 2.38. The van der Waals surface area contributed by atoms with Crippen molar-refractivity contribution in [2.75, 3.05) is 20.8 Å². The summed E-state index contributed by atoms with van der Waals surface area (Å²) in [5.41, 5.74) is 5.57. The second-order valence-corrected chi connectivity index (χ2v) is 6.32. The molecule has 2 aromatic carbocycles. The monoisotopic (exact) mass is 418 g/mol. The average Bonchev–Trinajstić information content (AvgIpc) is 2.74. The van der Waals surface area contributed by atoms with Crippen LogP contribution in [0.15, 0.2) is 42.5 Å². The van der Waals surface area contributed by atoms with Crippen molar-refractivity contribution in [2.45, 2.75) is 13.3 Å². The summed E-state index contributed by atoms with van der Waals surface area (Å²) in [5, 5.41) is 0.377. The molecular weight excluding hydrogens is 396 g/mol. The Kier molecular flexibility index (Phi) is 8.36. The summed E-state index contributed by atoms with van der Waals surface area (Å²) in [6.07, 6.45) is 3.77. The molecule has 2 rings (SSSR count). The molecule has 0 saturated heterocycles. The maximum Gasteiger partial charge on any atom is 0.273 e. The summed E-state index contributed by atoms with van der Waals surface area (Å²) in [6.45, 7) is 2.61. The lowest BCUT2D eigenvalue weighted by Crippen LogP contribution is -2.40. The molecule has 2 N–H and O–H groups in total. The lowest BCUT2D eigenvalue weighted by Gasteiger charge is -2.10. The van der Waals surface area contributed by atoms with Crippen LogP contribution in [0.25, 0.3) is 6.08 Å². The van der Waals surface area contributed by atoms with E-state index < -0.39 is 11.8 Å². The first-order chi connectivity index (χ1) is 14.0. The topological polar surface area (TPSA) is 85.9 Å². The van der Waals surface area contributed by atoms with Crippen LogP contribution >= 0.6 is 11.6 Å². The molecule has 0 spiro atoms. The molecule has 0 atom stereocenters. The van der Waals surface area contributed by atoms with Crippen LogP contribution in [0.1, 0.15) is 29.3 Å². The Morgan fingerprint density at radius 1 is 1.00 bits per heavy atom. The number of amides is 2. The number of rotatable bonds is 8. The van der Waals surface area contributed by atoms with Gasteiger partial charge in [0.15, 0.2) is 11.5 Å². The molecule has 8 heteroatoms. The van der Waals surface area contributed by atoms with Gasteiger partial charge in [-0.3, -0.25) is 20.4 Å². The Balaban J connectivity index is 1.98. The number of halogens is 1. The summed E-state index contributed by atoms with van der Waals surface area (Å²) in [6, 6.07) is 9.95. The predicted octanol–water partition coefficient (Wildman–Crippen LogP) is 3.62. The number of nitrogens with one attached hydrogen (secondary N) is 2. The van der Waals surface area contributed by atoms with Crippen LogP contribution in [-0.2, 0) is 4.79 Å². The SMILES string of the molecule is CCCOc1ccc(/C=C/C(=O)NNC(=O)c2cc(Cl)ccc2OC)cc1OC. The maximum atomic E-state index is 12.2. The minimum Gasteiger partial charge on any atom is -0.496 e. The van der Waals surface area contributed by atoms with Crippen molar-refractivity contribution in [1.29, 1.82) is 0 Å². The molecule has 0 aromatic heterocycles. The van der Waals surface area contributed by atoms with Gasteiger partial charge in [-0.05, 0) is 48.4 Å². The Bertz CT molecular complexity index is 899. The third-order valence-electron chi connectivity index (χ3n) is 3.78. The molecule has 0 aliphatic carbocycles. The van der Waals surface area contributed by atoms with Crippen LogP contribution in [0.3, 0.4) is 0 Å². The number of carbonyl (C=O) groups excluding carboxylic acids is 2. The minimum atomic E-state index is -0.551. The summed E-state index contributed by atoms with van der Waals surface area (Å²) in [5.74, 6) is 0.491. The number of hydrazine groups is 1. The normalized spacial score (nSPS) is 10.5. The highest BCUT2D eigenvalue weighted by atomic mass is 35.5. The van der Waals surface area contributed by atoms with Crippen molar-refractivity contribution in [3.63, 3.8) is 0 Å². The lowest BCUT2D eigenvalue weighted by atomic mass is 10.2. The Labute approximate surface area is 174 Å². The molecule has 7 nitrogen and oxygen atoms in total. The van der Waals surface area contributed by atoms with Gasteiger partial charge in [0.1, 0.15) is 5.75 Å². The van der Waals surface area contributed by atoms with E-state index in [1.807, 2.05) is 6.92 Å². The van der Waals surface area contributed by atoms with Gasteiger partial charge in [0.05, 0.1) is 26.4 Å². The van der Waals surface area contributed by atoms with Crippen molar-refractivity contribution < 1.29 is 23.8 Å². The molecule has 0 heterocycles. The zero-order valence-corrected chi connectivity index (χ0v) is 17.2. The van der Waals surface area contributed by atoms with Crippen LogP contribution in [0.2, 0.25) is 5.02 Å². The number of methoxy groups -OCH3 is 2. The Morgan fingerprint density at radius 3 is 2.41 bits per heavy atom. The first-order valence-corrected chi connectivity index (χ1v) is 9.29. The number of ether oxygens (including phenoxy) is 3. The maximum absolute atomic E-state index is 12.2. The number of carbonyl (C=O) groups is 2. The summed E-state index contributed by atoms with van der Waals surface area (Å²) in [4.78, 5) is 24.3. The minimum absolute atomic E-state index is 0.205. The first-order valence-electron chi connectivity index (χ1n) is 8.91. The molecule has 0 saturated carbocycles. The van der Waals surface area contributed by atoms with Crippen molar-refractivity contribution in [3.05, 3.63) is 58.6 Å². The third kappa shape index (κ3) is 6.43. The zero-order valence-electron chi connectivity index (χ0n) is 16.5. The molecule has 154 valence electrons. The second kappa shape index (κ2) is 11.0. The lowest BCUT2D eigenvalue weighted by molar-refractivity contribution is -0.117. The largest absolute Gasteiger partial charge is 0.496 e.